The highest BCUT2D eigenvalue weighted by Gasteiger charge is 2.44. The zero-order chi connectivity index (χ0) is 47.3. The topological polar surface area (TPSA) is 149 Å². The third-order valence-electron chi connectivity index (χ3n) is 12.6. The number of nitrogens with one attached hydrogen (secondary N) is 1. The molecule has 0 aromatic heterocycles. The molecule has 9 nitrogen and oxygen atoms in total. The van der Waals surface area contributed by atoms with Crippen LogP contribution in [0.2, 0.25) is 0 Å². The van der Waals surface area contributed by atoms with E-state index in [4.69, 9.17) is 9.47 Å². The number of unbranched alkanes of at least 4 members (excludes halogenated alkanes) is 27. The number of rotatable bonds is 45. The maximum Gasteiger partial charge on any atom is 0.220 e. The fourth-order valence-electron chi connectivity index (χ4n) is 8.32. The maximum absolute atomic E-state index is 12.9. The summed E-state index contributed by atoms with van der Waals surface area (Å²) >= 11 is 0. The lowest BCUT2D eigenvalue weighted by Gasteiger charge is -2.40. The second kappa shape index (κ2) is 45.7. The Morgan fingerprint density at radius 3 is 1.42 bits per heavy atom. The summed E-state index contributed by atoms with van der Waals surface area (Å²) < 4.78 is 11.1. The van der Waals surface area contributed by atoms with Gasteiger partial charge in [0, 0.05) is 6.42 Å². The average molecular weight is 916 g/mol. The van der Waals surface area contributed by atoms with Crippen molar-refractivity contribution in [3.8, 4) is 0 Å². The van der Waals surface area contributed by atoms with Crippen LogP contribution in [0.1, 0.15) is 232 Å². The van der Waals surface area contributed by atoms with Gasteiger partial charge in [0.1, 0.15) is 24.4 Å². The smallest absolute Gasteiger partial charge is 0.220 e. The second-order valence-electron chi connectivity index (χ2n) is 18.6. The first-order chi connectivity index (χ1) is 31.8. The molecular weight excluding hydrogens is 815 g/mol. The lowest BCUT2D eigenvalue weighted by atomic mass is 9.99. The van der Waals surface area contributed by atoms with Crippen LogP contribution in [0.15, 0.2) is 60.8 Å². The van der Waals surface area contributed by atoms with Gasteiger partial charge in [-0.15, -0.1) is 0 Å². The van der Waals surface area contributed by atoms with E-state index in [1.54, 1.807) is 6.08 Å². The Morgan fingerprint density at radius 1 is 0.538 bits per heavy atom. The minimum Gasteiger partial charge on any atom is -0.394 e. The molecule has 0 aromatic rings. The summed E-state index contributed by atoms with van der Waals surface area (Å²) in [5, 5.41) is 53.8. The molecule has 378 valence electrons. The molecule has 1 aliphatic heterocycles. The van der Waals surface area contributed by atoms with E-state index in [1.807, 2.05) is 6.08 Å². The fourth-order valence-corrected chi connectivity index (χ4v) is 8.32. The number of amides is 1. The van der Waals surface area contributed by atoms with Crippen molar-refractivity contribution < 1.29 is 39.8 Å². The fraction of sp³-hybridized carbons (Fsp3) is 0.804. The zero-order valence-electron chi connectivity index (χ0n) is 41.7. The molecule has 1 saturated heterocycles. The number of ether oxygens (including phenoxy) is 2. The van der Waals surface area contributed by atoms with Crippen molar-refractivity contribution in [1.82, 2.24) is 5.32 Å². The minimum absolute atomic E-state index is 0.182. The molecule has 1 aliphatic rings. The van der Waals surface area contributed by atoms with Gasteiger partial charge in [-0.3, -0.25) is 4.79 Å². The molecule has 0 radical (unpaired) electrons. The number of carbonyl (C=O) groups excluding carboxylic acids is 1. The molecule has 1 rings (SSSR count). The SMILES string of the molecule is CC/C=C\C/C=C\C/C=C\C/C=C\CCCCCCCCCCCCCCCCCCCCCCCCCCC(=O)NC(COC1OC(CO)C(O)C(O)C1O)C(O)/C=C/CCCCC. The van der Waals surface area contributed by atoms with Crippen LogP contribution in [0.3, 0.4) is 0 Å². The molecule has 0 aliphatic carbocycles. The molecule has 1 heterocycles. The van der Waals surface area contributed by atoms with Crippen molar-refractivity contribution in [2.75, 3.05) is 13.2 Å². The highest BCUT2D eigenvalue weighted by Crippen LogP contribution is 2.23. The monoisotopic (exact) mass is 916 g/mol. The first kappa shape index (κ1) is 60.9. The van der Waals surface area contributed by atoms with E-state index in [2.05, 4.69) is 67.8 Å². The number of hydrogen-bond donors (Lipinski definition) is 6. The summed E-state index contributed by atoms with van der Waals surface area (Å²) in [6.07, 6.45) is 55.1. The number of hydrogen-bond acceptors (Lipinski definition) is 8. The van der Waals surface area contributed by atoms with Crippen molar-refractivity contribution in [3.63, 3.8) is 0 Å². The molecular formula is C56H101NO8. The summed E-state index contributed by atoms with van der Waals surface area (Å²) in [5.41, 5.74) is 0. The Labute approximate surface area is 398 Å². The van der Waals surface area contributed by atoms with E-state index >= 15 is 0 Å². The quantitative estimate of drug-likeness (QED) is 0.0261. The predicted molar refractivity (Wildman–Crippen MR) is 272 cm³/mol. The van der Waals surface area contributed by atoms with E-state index in [1.165, 1.54) is 141 Å². The van der Waals surface area contributed by atoms with Gasteiger partial charge in [-0.1, -0.05) is 229 Å². The third-order valence-corrected chi connectivity index (χ3v) is 12.6. The number of allylic oxidation sites excluding steroid dienone is 9. The van der Waals surface area contributed by atoms with Crippen LogP contribution in [0.25, 0.3) is 0 Å². The summed E-state index contributed by atoms with van der Waals surface area (Å²) in [4.78, 5) is 12.9. The number of aliphatic hydroxyl groups is 5. The van der Waals surface area contributed by atoms with Crippen molar-refractivity contribution >= 4 is 5.91 Å². The Balaban J connectivity index is 1.96. The molecule has 65 heavy (non-hydrogen) atoms. The van der Waals surface area contributed by atoms with Gasteiger partial charge in [0.2, 0.25) is 5.91 Å². The molecule has 7 atom stereocenters. The largest absolute Gasteiger partial charge is 0.394 e. The van der Waals surface area contributed by atoms with E-state index in [0.29, 0.717) is 6.42 Å². The van der Waals surface area contributed by atoms with Gasteiger partial charge in [0.05, 0.1) is 25.4 Å². The van der Waals surface area contributed by atoms with Crippen molar-refractivity contribution in [1.29, 1.82) is 0 Å². The van der Waals surface area contributed by atoms with Crippen LogP contribution >= 0.6 is 0 Å². The van der Waals surface area contributed by atoms with Gasteiger partial charge in [0.15, 0.2) is 6.29 Å². The summed E-state index contributed by atoms with van der Waals surface area (Å²) in [6, 6.07) is -0.800. The van der Waals surface area contributed by atoms with Gasteiger partial charge in [-0.05, 0) is 57.8 Å². The number of aliphatic hydroxyl groups excluding tert-OH is 5. The van der Waals surface area contributed by atoms with Gasteiger partial charge in [-0.2, -0.15) is 0 Å². The first-order valence-corrected chi connectivity index (χ1v) is 27.0. The third kappa shape index (κ3) is 35.7. The molecule has 7 unspecified atom stereocenters. The summed E-state index contributed by atoms with van der Waals surface area (Å²) in [5.74, 6) is -0.182. The van der Waals surface area contributed by atoms with Crippen LogP contribution < -0.4 is 5.32 Å². The Kier molecular flexibility index (Phi) is 42.8. The first-order valence-electron chi connectivity index (χ1n) is 27.0. The molecule has 1 fully saturated rings. The maximum atomic E-state index is 12.9. The predicted octanol–water partition coefficient (Wildman–Crippen LogP) is 12.7. The molecule has 0 bridgehead atoms. The summed E-state index contributed by atoms with van der Waals surface area (Å²) in [6.45, 7) is 3.55. The van der Waals surface area contributed by atoms with Gasteiger partial charge in [0.25, 0.3) is 0 Å². The highest BCUT2D eigenvalue weighted by atomic mass is 16.7. The van der Waals surface area contributed by atoms with Crippen molar-refractivity contribution in [2.24, 2.45) is 0 Å². The molecule has 6 N–H and O–H groups in total. The van der Waals surface area contributed by atoms with Gasteiger partial charge < -0.3 is 40.3 Å². The van der Waals surface area contributed by atoms with E-state index in [9.17, 15) is 30.3 Å². The van der Waals surface area contributed by atoms with Crippen molar-refractivity contribution in [2.45, 2.75) is 275 Å². The van der Waals surface area contributed by atoms with Crippen LogP contribution in [0.5, 0.6) is 0 Å². The molecule has 1 amide bonds. The highest BCUT2D eigenvalue weighted by molar-refractivity contribution is 5.76. The molecule has 9 heteroatoms. The van der Waals surface area contributed by atoms with Gasteiger partial charge in [-0.25, -0.2) is 0 Å². The minimum atomic E-state index is -1.56. The molecule has 0 aromatic carbocycles. The Bertz CT molecular complexity index is 1200. The lowest BCUT2D eigenvalue weighted by Crippen LogP contribution is -2.60. The van der Waals surface area contributed by atoms with Crippen LogP contribution in [-0.4, -0.2) is 87.5 Å². The van der Waals surface area contributed by atoms with Gasteiger partial charge >= 0.3 is 0 Å². The second-order valence-corrected chi connectivity index (χ2v) is 18.6. The van der Waals surface area contributed by atoms with E-state index in [-0.39, 0.29) is 12.5 Å². The average Bonchev–Trinajstić information content (AvgIpc) is 3.31. The van der Waals surface area contributed by atoms with Crippen LogP contribution in [0.4, 0.5) is 0 Å². The number of carbonyl (C=O) groups is 1. The van der Waals surface area contributed by atoms with Crippen LogP contribution in [0, 0.1) is 0 Å². The van der Waals surface area contributed by atoms with E-state index in [0.717, 1.165) is 70.6 Å². The van der Waals surface area contributed by atoms with E-state index < -0.39 is 49.5 Å². The summed E-state index contributed by atoms with van der Waals surface area (Å²) in [7, 11) is 0. The Morgan fingerprint density at radius 2 is 0.954 bits per heavy atom. The molecule has 0 saturated carbocycles. The zero-order valence-corrected chi connectivity index (χ0v) is 41.7. The normalized spacial score (nSPS) is 20.4. The lowest BCUT2D eigenvalue weighted by molar-refractivity contribution is -0.302. The Hall–Kier alpha value is -2.11. The standard InChI is InChI=1S/C56H101NO8/c1-3-5-7-9-10-11-12-13-14-15-16-17-18-19-20-21-22-23-24-25-26-27-28-29-30-31-32-33-34-35-36-37-38-39-40-42-44-46-52(60)57-49(50(59)45-43-41-8-6-4-2)48-64-56-55(63)54(62)53(61)51(47-58)65-56/h5,7,10-11,13-14,16-17,43,45,49-51,53-56,58-59,61-63H,3-4,6,8-9,12,15,18-42,44,46-48H2,1-2H3,(H,57,60)/b7-5-,11-10-,14-13-,17-16-,45-43+. The molecule has 0 spiro atoms. The van der Waals surface area contributed by atoms with Crippen molar-refractivity contribution in [3.05, 3.63) is 60.8 Å². The van der Waals surface area contributed by atoms with Crippen LogP contribution in [-0.2, 0) is 14.3 Å².